The van der Waals surface area contributed by atoms with Crippen LogP contribution in [0.2, 0.25) is 0 Å². The van der Waals surface area contributed by atoms with Gasteiger partial charge in [0, 0.05) is 17.9 Å². The second kappa shape index (κ2) is 5.80. The molecule has 1 saturated heterocycles. The number of carbonyl (C=O) groups excluding carboxylic acids is 1. The number of hydrogen-bond acceptors (Lipinski definition) is 2. The second-order valence-corrected chi connectivity index (χ2v) is 7.07. The van der Waals surface area contributed by atoms with E-state index < -0.39 is 0 Å². The molecule has 2 atom stereocenters. The first-order valence-corrected chi connectivity index (χ1v) is 8.16. The van der Waals surface area contributed by atoms with Gasteiger partial charge in [-0.25, -0.2) is 0 Å². The number of amides is 1. The molecule has 2 N–H and O–H groups in total. The smallest absolute Gasteiger partial charge is 0.226 e. The van der Waals surface area contributed by atoms with Gasteiger partial charge in [-0.05, 0) is 49.4 Å². The standard InChI is InChI=1S/C18H26N2O/c1-18(2,15-7-5-9-19-12-15)17(21)20-11-14-10-13-6-3-4-8-16(13)14/h3-4,6,8,14-15,19H,5,7,9-12H2,1-2H3,(H,20,21). The van der Waals surface area contributed by atoms with E-state index in [-0.39, 0.29) is 11.3 Å². The molecule has 1 aromatic rings. The quantitative estimate of drug-likeness (QED) is 0.893. The molecule has 3 heteroatoms. The molecule has 1 aliphatic heterocycles. The van der Waals surface area contributed by atoms with Crippen molar-refractivity contribution in [2.45, 2.75) is 39.0 Å². The van der Waals surface area contributed by atoms with Gasteiger partial charge in [0.15, 0.2) is 0 Å². The maximum atomic E-state index is 12.6. The summed E-state index contributed by atoms with van der Waals surface area (Å²) in [5, 5.41) is 6.61. The lowest BCUT2D eigenvalue weighted by atomic mass is 9.73. The van der Waals surface area contributed by atoms with Gasteiger partial charge in [-0.3, -0.25) is 4.79 Å². The molecule has 2 unspecified atom stereocenters. The van der Waals surface area contributed by atoms with Crippen molar-refractivity contribution in [3.05, 3.63) is 35.4 Å². The SMILES string of the molecule is CC(C)(C(=O)NCC1Cc2ccccc21)C1CCCNC1. The average Bonchev–Trinajstić information content (AvgIpc) is 2.49. The van der Waals surface area contributed by atoms with E-state index in [0.717, 1.165) is 32.5 Å². The van der Waals surface area contributed by atoms with Crippen LogP contribution in [0, 0.1) is 11.3 Å². The summed E-state index contributed by atoms with van der Waals surface area (Å²) in [5.41, 5.74) is 2.57. The topological polar surface area (TPSA) is 41.1 Å². The van der Waals surface area contributed by atoms with Gasteiger partial charge in [0.2, 0.25) is 5.91 Å². The van der Waals surface area contributed by atoms with Crippen LogP contribution >= 0.6 is 0 Å². The zero-order valence-corrected chi connectivity index (χ0v) is 13.1. The van der Waals surface area contributed by atoms with Crippen molar-refractivity contribution in [3.8, 4) is 0 Å². The molecule has 3 rings (SSSR count). The Bertz CT molecular complexity index is 518. The summed E-state index contributed by atoms with van der Waals surface area (Å²) >= 11 is 0. The van der Waals surface area contributed by atoms with E-state index in [1.807, 2.05) is 0 Å². The molecule has 0 saturated carbocycles. The molecular formula is C18H26N2O. The van der Waals surface area contributed by atoms with E-state index in [2.05, 4.69) is 48.7 Å². The Labute approximate surface area is 127 Å². The minimum Gasteiger partial charge on any atom is -0.355 e. The molecule has 0 bridgehead atoms. The molecule has 114 valence electrons. The van der Waals surface area contributed by atoms with E-state index in [0.29, 0.717) is 11.8 Å². The van der Waals surface area contributed by atoms with Crippen molar-refractivity contribution in [2.24, 2.45) is 11.3 Å². The number of carbonyl (C=O) groups is 1. The predicted octanol–water partition coefficient (Wildman–Crippen LogP) is 2.47. The van der Waals surface area contributed by atoms with E-state index >= 15 is 0 Å². The summed E-state index contributed by atoms with van der Waals surface area (Å²) in [6, 6.07) is 8.55. The maximum absolute atomic E-state index is 12.6. The number of fused-ring (bicyclic) bond motifs is 1. The number of benzene rings is 1. The third kappa shape index (κ3) is 2.84. The average molecular weight is 286 g/mol. The van der Waals surface area contributed by atoms with Crippen molar-refractivity contribution in [2.75, 3.05) is 19.6 Å². The lowest BCUT2D eigenvalue weighted by molar-refractivity contribution is -0.132. The number of piperidine rings is 1. The van der Waals surface area contributed by atoms with Gasteiger partial charge in [-0.2, -0.15) is 0 Å². The Morgan fingerprint density at radius 1 is 1.38 bits per heavy atom. The molecule has 0 radical (unpaired) electrons. The zero-order valence-electron chi connectivity index (χ0n) is 13.1. The Morgan fingerprint density at radius 3 is 2.90 bits per heavy atom. The van der Waals surface area contributed by atoms with Gasteiger partial charge >= 0.3 is 0 Å². The third-order valence-electron chi connectivity index (χ3n) is 5.37. The highest BCUT2D eigenvalue weighted by Gasteiger charge is 2.37. The van der Waals surface area contributed by atoms with Gasteiger partial charge in [-0.15, -0.1) is 0 Å². The first-order valence-electron chi connectivity index (χ1n) is 8.16. The minimum absolute atomic E-state index is 0.209. The molecule has 1 aliphatic carbocycles. The molecule has 1 fully saturated rings. The maximum Gasteiger partial charge on any atom is 0.226 e. The summed E-state index contributed by atoms with van der Waals surface area (Å²) in [4.78, 5) is 12.6. The normalized spacial score (nSPS) is 24.9. The Balaban J connectivity index is 1.54. The van der Waals surface area contributed by atoms with Crippen LogP contribution in [0.25, 0.3) is 0 Å². The highest BCUT2D eigenvalue weighted by Crippen LogP contribution is 2.35. The lowest BCUT2D eigenvalue weighted by Gasteiger charge is -2.37. The summed E-state index contributed by atoms with van der Waals surface area (Å²) < 4.78 is 0. The molecule has 0 spiro atoms. The summed E-state index contributed by atoms with van der Waals surface area (Å²) in [6.07, 6.45) is 3.43. The van der Waals surface area contributed by atoms with E-state index in [4.69, 9.17) is 0 Å². The molecule has 3 nitrogen and oxygen atoms in total. The molecule has 21 heavy (non-hydrogen) atoms. The van der Waals surface area contributed by atoms with Crippen molar-refractivity contribution in [1.82, 2.24) is 10.6 Å². The second-order valence-electron chi connectivity index (χ2n) is 7.07. The largest absolute Gasteiger partial charge is 0.355 e. The number of nitrogens with one attached hydrogen (secondary N) is 2. The van der Waals surface area contributed by atoms with Crippen LogP contribution in [0.4, 0.5) is 0 Å². The first kappa shape index (κ1) is 14.6. The van der Waals surface area contributed by atoms with Crippen molar-refractivity contribution < 1.29 is 4.79 Å². The molecule has 1 aromatic carbocycles. The van der Waals surface area contributed by atoms with Crippen LogP contribution in [-0.4, -0.2) is 25.5 Å². The summed E-state index contributed by atoms with van der Waals surface area (Å²) in [5.74, 6) is 1.16. The number of hydrogen-bond donors (Lipinski definition) is 2. The summed E-state index contributed by atoms with van der Waals surface area (Å²) in [6.45, 7) is 7.02. The van der Waals surface area contributed by atoms with Gasteiger partial charge in [0.25, 0.3) is 0 Å². The molecule has 1 heterocycles. The van der Waals surface area contributed by atoms with Crippen LogP contribution in [0.15, 0.2) is 24.3 Å². The van der Waals surface area contributed by atoms with Crippen LogP contribution in [0.5, 0.6) is 0 Å². The highest BCUT2D eigenvalue weighted by molar-refractivity contribution is 5.82. The fourth-order valence-corrected chi connectivity index (χ4v) is 3.64. The Morgan fingerprint density at radius 2 is 2.19 bits per heavy atom. The van der Waals surface area contributed by atoms with Crippen LogP contribution in [0.3, 0.4) is 0 Å². The Kier molecular flexibility index (Phi) is 4.03. The first-order chi connectivity index (χ1) is 10.1. The fraction of sp³-hybridized carbons (Fsp3) is 0.611. The third-order valence-corrected chi connectivity index (χ3v) is 5.37. The van der Waals surface area contributed by atoms with Crippen molar-refractivity contribution in [1.29, 1.82) is 0 Å². The van der Waals surface area contributed by atoms with E-state index in [1.165, 1.54) is 17.5 Å². The zero-order chi connectivity index (χ0) is 14.9. The van der Waals surface area contributed by atoms with Crippen LogP contribution < -0.4 is 10.6 Å². The van der Waals surface area contributed by atoms with Gasteiger partial charge < -0.3 is 10.6 Å². The number of rotatable bonds is 4. The van der Waals surface area contributed by atoms with Gasteiger partial charge in [0.1, 0.15) is 0 Å². The molecular weight excluding hydrogens is 260 g/mol. The van der Waals surface area contributed by atoms with Gasteiger partial charge in [0.05, 0.1) is 0 Å². The van der Waals surface area contributed by atoms with E-state index in [9.17, 15) is 4.79 Å². The lowest BCUT2D eigenvalue weighted by Crippen LogP contribution is -2.48. The molecule has 1 amide bonds. The molecule has 2 aliphatic rings. The fourth-order valence-electron chi connectivity index (χ4n) is 3.64. The predicted molar refractivity (Wildman–Crippen MR) is 85.3 cm³/mol. The van der Waals surface area contributed by atoms with E-state index in [1.54, 1.807) is 0 Å². The monoisotopic (exact) mass is 286 g/mol. The highest BCUT2D eigenvalue weighted by atomic mass is 16.2. The van der Waals surface area contributed by atoms with Crippen LogP contribution in [0.1, 0.15) is 43.7 Å². The van der Waals surface area contributed by atoms with Crippen molar-refractivity contribution in [3.63, 3.8) is 0 Å². The van der Waals surface area contributed by atoms with Crippen molar-refractivity contribution >= 4 is 5.91 Å². The molecule has 0 aromatic heterocycles. The summed E-state index contributed by atoms with van der Waals surface area (Å²) in [7, 11) is 0. The Hall–Kier alpha value is -1.35. The minimum atomic E-state index is -0.281. The van der Waals surface area contributed by atoms with Crippen LogP contribution in [-0.2, 0) is 11.2 Å². The van der Waals surface area contributed by atoms with Gasteiger partial charge in [-0.1, -0.05) is 38.1 Å².